The highest BCUT2D eigenvalue weighted by atomic mass is 32.2. The second-order valence-corrected chi connectivity index (χ2v) is 9.92. The molecule has 2 fully saturated rings. The van der Waals surface area contributed by atoms with Crippen LogP contribution in [0.15, 0.2) is 46.0 Å². The van der Waals surface area contributed by atoms with Crippen molar-refractivity contribution in [3.8, 4) is 0 Å². The number of nitrogens with zero attached hydrogens (tertiary/aromatic N) is 2. The van der Waals surface area contributed by atoms with Crippen LogP contribution in [0, 0.1) is 0 Å². The number of benzene rings is 1. The third kappa shape index (κ3) is 4.00. The fourth-order valence-corrected chi connectivity index (χ4v) is 6.36. The molecule has 0 saturated carbocycles. The number of hydrogen-bond acceptors (Lipinski definition) is 6. The minimum Gasteiger partial charge on any atom is -0.447 e. The highest BCUT2D eigenvalue weighted by Crippen LogP contribution is 2.28. The molecule has 0 spiro atoms. The Morgan fingerprint density at radius 2 is 2.10 bits per heavy atom. The van der Waals surface area contributed by atoms with Crippen LogP contribution in [0.2, 0.25) is 0 Å². The van der Waals surface area contributed by atoms with E-state index in [0.29, 0.717) is 38.2 Å². The molecule has 10 heteroatoms. The Balaban J connectivity index is 1.43. The summed E-state index contributed by atoms with van der Waals surface area (Å²) < 4.78 is 32.1. The van der Waals surface area contributed by atoms with Gasteiger partial charge in [-0.3, -0.25) is 9.69 Å². The van der Waals surface area contributed by atoms with Crippen LogP contribution in [-0.2, 0) is 26.1 Å². The van der Waals surface area contributed by atoms with Gasteiger partial charge in [0, 0.05) is 18.8 Å². The summed E-state index contributed by atoms with van der Waals surface area (Å²) in [7, 11) is -3.66. The molecular weight excluding hydrogens is 414 g/mol. The lowest BCUT2D eigenvalue weighted by Crippen LogP contribution is -2.45. The molecule has 0 bridgehead atoms. The van der Waals surface area contributed by atoms with E-state index < -0.39 is 16.1 Å². The van der Waals surface area contributed by atoms with Crippen LogP contribution in [0.1, 0.15) is 18.4 Å². The highest BCUT2D eigenvalue weighted by molar-refractivity contribution is 7.91. The molecular formula is C19H21N3O5S2. The number of ether oxygens (including phenoxy) is 1. The van der Waals surface area contributed by atoms with Crippen molar-refractivity contribution in [2.45, 2.75) is 29.6 Å². The van der Waals surface area contributed by atoms with Gasteiger partial charge in [0.15, 0.2) is 0 Å². The van der Waals surface area contributed by atoms with E-state index >= 15 is 0 Å². The van der Waals surface area contributed by atoms with Crippen molar-refractivity contribution < 1.29 is 22.7 Å². The molecule has 29 heavy (non-hydrogen) atoms. The third-order valence-electron chi connectivity index (χ3n) is 5.01. The Morgan fingerprint density at radius 1 is 1.24 bits per heavy atom. The maximum Gasteiger partial charge on any atom is 0.414 e. The van der Waals surface area contributed by atoms with Crippen LogP contribution in [0.4, 0.5) is 10.5 Å². The van der Waals surface area contributed by atoms with E-state index in [4.69, 9.17) is 4.74 Å². The summed E-state index contributed by atoms with van der Waals surface area (Å²) in [6.07, 6.45) is 0.761. The molecule has 1 atom stereocenters. The first kappa shape index (κ1) is 19.9. The number of hydrogen-bond donors (Lipinski definition) is 1. The second-order valence-electron chi connectivity index (χ2n) is 6.86. The first-order valence-electron chi connectivity index (χ1n) is 9.33. The number of thiophene rings is 1. The number of carbonyl (C=O) groups excluding carboxylic acids is 2. The molecule has 2 aliphatic rings. The molecule has 4 rings (SSSR count). The van der Waals surface area contributed by atoms with Gasteiger partial charge in [-0.05, 0) is 42.0 Å². The van der Waals surface area contributed by atoms with Crippen LogP contribution in [-0.4, -0.2) is 50.5 Å². The summed E-state index contributed by atoms with van der Waals surface area (Å²) in [5.41, 5.74) is 1.53. The summed E-state index contributed by atoms with van der Waals surface area (Å²) >= 11 is 1.15. The van der Waals surface area contributed by atoms with Gasteiger partial charge in [-0.2, -0.15) is 4.31 Å². The van der Waals surface area contributed by atoms with E-state index in [0.717, 1.165) is 16.9 Å². The SMILES string of the molecule is O=C(NCc1cccc(N2CCOC2=O)c1)[C@@H]1CCCN1S(=O)(=O)c1cccs1. The first-order valence-corrected chi connectivity index (χ1v) is 11.6. The summed E-state index contributed by atoms with van der Waals surface area (Å²) in [5, 5.41) is 4.55. The number of amides is 2. The quantitative estimate of drug-likeness (QED) is 0.750. The first-order chi connectivity index (χ1) is 14.0. The highest BCUT2D eigenvalue weighted by Gasteiger charge is 2.39. The summed E-state index contributed by atoms with van der Waals surface area (Å²) in [6.45, 7) is 1.44. The van der Waals surface area contributed by atoms with Gasteiger partial charge < -0.3 is 10.1 Å². The van der Waals surface area contributed by atoms with Gasteiger partial charge in [0.25, 0.3) is 10.0 Å². The van der Waals surface area contributed by atoms with Crippen LogP contribution in [0.5, 0.6) is 0 Å². The monoisotopic (exact) mass is 435 g/mol. The Hall–Kier alpha value is -2.43. The summed E-state index contributed by atoms with van der Waals surface area (Å²) in [4.78, 5) is 26.0. The molecule has 8 nitrogen and oxygen atoms in total. The normalized spacial score (nSPS) is 20.1. The molecule has 0 aliphatic carbocycles. The average Bonchev–Trinajstić information content (AvgIpc) is 3.47. The van der Waals surface area contributed by atoms with Crippen LogP contribution >= 0.6 is 11.3 Å². The molecule has 2 saturated heterocycles. The Kier molecular flexibility index (Phi) is 5.57. The van der Waals surface area contributed by atoms with Gasteiger partial charge in [-0.1, -0.05) is 18.2 Å². The van der Waals surface area contributed by atoms with Gasteiger partial charge in [-0.15, -0.1) is 11.3 Å². The molecule has 2 amide bonds. The molecule has 2 aromatic rings. The van der Waals surface area contributed by atoms with E-state index in [1.165, 1.54) is 9.21 Å². The minimum absolute atomic E-state index is 0.249. The van der Waals surface area contributed by atoms with Crippen molar-refractivity contribution in [2.24, 2.45) is 0 Å². The van der Waals surface area contributed by atoms with Gasteiger partial charge >= 0.3 is 6.09 Å². The molecule has 3 heterocycles. The lowest BCUT2D eigenvalue weighted by atomic mass is 10.1. The maximum atomic E-state index is 12.8. The molecule has 154 valence electrons. The van der Waals surface area contributed by atoms with E-state index in [2.05, 4.69) is 5.32 Å². The third-order valence-corrected chi connectivity index (χ3v) is 8.30. The van der Waals surface area contributed by atoms with Crippen molar-refractivity contribution in [3.63, 3.8) is 0 Å². The summed E-state index contributed by atoms with van der Waals surface area (Å²) in [5.74, 6) is -0.311. The van der Waals surface area contributed by atoms with Crippen LogP contribution in [0.25, 0.3) is 0 Å². The van der Waals surface area contributed by atoms with Crippen molar-refractivity contribution in [3.05, 3.63) is 47.3 Å². The van der Waals surface area contributed by atoms with E-state index in [-0.39, 0.29) is 22.8 Å². The number of cyclic esters (lactones) is 1. The molecule has 1 N–H and O–H groups in total. The van der Waals surface area contributed by atoms with Crippen molar-refractivity contribution in [1.82, 2.24) is 9.62 Å². The van der Waals surface area contributed by atoms with Gasteiger partial charge in [-0.25, -0.2) is 13.2 Å². The zero-order valence-electron chi connectivity index (χ0n) is 15.6. The van der Waals surface area contributed by atoms with E-state index in [1.807, 2.05) is 24.3 Å². The number of rotatable bonds is 6. The van der Waals surface area contributed by atoms with Crippen molar-refractivity contribution >= 4 is 39.0 Å². The predicted octanol–water partition coefficient (Wildman–Crippen LogP) is 2.17. The molecule has 0 radical (unpaired) electrons. The van der Waals surface area contributed by atoms with Crippen molar-refractivity contribution in [1.29, 1.82) is 0 Å². The van der Waals surface area contributed by atoms with E-state index in [1.54, 1.807) is 17.5 Å². The Bertz CT molecular complexity index is 1010. The topological polar surface area (TPSA) is 96.0 Å². The molecule has 2 aliphatic heterocycles. The molecule has 1 aromatic heterocycles. The Morgan fingerprint density at radius 3 is 2.83 bits per heavy atom. The van der Waals surface area contributed by atoms with Crippen LogP contribution < -0.4 is 10.2 Å². The lowest BCUT2D eigenvalue weighted by molar-refractivity contribution is -0.124. The molecule has 1 aromatic carbocycles. The zero-order chi connectivity index (χ0) is 20.4. The number of nitrogens with one attached hydrogen (secondary N) is 1. The standard InChI is InChI=1S/C19H21N3O5S2/c23-18(16-6-2-8-22(16)29(25,26)17-7-3-11-28-17)20-13-14-4-1-5-15(12-14)21-9-10-27-19(21)24/h1,3-5,7,11-12,16H,2,6,8-10,13H2,(H,20,23)/t16-/m0/s1. The predicted molar refractivity (Wildman–Crippen MR) is 108 cm³/mol. The largest absolute Gasteiger partial charge is 0.447 e. The number of carbonyl (C=O) groups is 2. The molecule has 0 unspecified atom stereocenters. The lowest BCUT2D eigenvalue weighted by Gasteiger charge is -2.22. The maximum absolute atomic E-state index is 12.8. The average molecular weight is 436 g/mol. The smallest absolute Gasteiger partial charge is 0.414 e. The van der Waals surface area contributed by atoms with Gasteiger partial charge in [0.1, 0.15) is 16.9 Å². The zero-order valence-corrected chi connectivity index (χ0v) is 17.2. The summed E-state index contributed by atoms with van der Waals surface area (Å²) in [6, 6.07) is 9.82. The fourth-order valence-electron chi connectivity index (χ4n) is 3.58. The second kappa shape index (κ2) is 8.13. The number of anilines is 1. The van der Waals surface area contributed by atoms with Crippen molar-refractivity contribution in [2.75, 3.05) is 24.6 Å². The Labute approximate surface area is 173 Å². The number of sulfonamides is 1. The van der Waals surface area contributed by atoms with Crippen LogP contribution in [0.3, 0.4) is 0 Å². The fraction of sp³-hybridized carbons (Fsp3) is 0.368. The van der Waals surface area contributed by atoms with Gasteiger partial charge in [0.05, 0.1) is 6.54 Å². The van der Waals surface area contributed by atoms with Gasteiger partial charge in [0.2, 0.25) is 5.91 Å². The van der Waals surface area contributed by atoms with E-state index in [9.17, 15) is 18.0 Å². The minimum atomic E-state index is -3.66.